The number of aromatic hydroxyl groups is 1. The molecule has 5 rings (SSSR count). The predicted octanol–water partition coefficient (Wildman–Crippen LogP) is 20.2. The van der Waals surface area contributed by atoms with E-state index in [9.17, 15) is 95.9 Å². The second-order valence-corrected chi connectivity index (χ2v) is 33.2. The molecule has 29 nitrogen and oxygen atoms in total. The van der Waals surface area contributed by atoms with E-state index in [2.05, 4.69) is 88.0 Å². The van der Waals surface area contributed by atoms with Crippen LogP contribution in [0.1, 0.15) is 275 Å². The molecule has 0 aliphatic heterocycles. The molecule has 136 heavy (non-hydrogen) atoms. The minimum atomic E-state index is -0.518. The van der Waals surface area contributed by atoms with Gasteiger partial charge in [0.25, 0.3) is 0 Å². The summed E-state index contributed by atoms with van der Waals surface area (Å²) in [6, 6.07) is 34.1. The van der Waals surface area contributed by atoms with Crippen molar-refractivity contribution in [1.29, 1.82) is 0 Å². The Morgan fingerprint density at radius 1 is 0.360 bits per heavy atom. The number of unbranched alkanes of at least 4 members (excludes halogenated alkanes) is 9. The van der Waals surface area contributed by atoms with Crippen LogP contribution in [0.2, 0.25) is 0 Å². The number of benzene rings is 5. The van der Waals surface area contributed by atoms with Gasteiger partial charge in [-0.15, -0.1) is 0 Å². The summed E-state index contributed by atoms with van der Waals surface area (Å²) in [6.45, 7) is 29.9. The maximum Gasteiger partial charge on any atom is 0.333 e. The molecule has 0 aliphatic rings. The molecule has 1 unspecified atom stereocenters. The third-order valence-corrected chi connectivity index (χ3v) is 19.0. The molecule has 1 atom stereocenters. The number of halogens is 4. The van der Waals surface area contributed by atoms with Crippen molar-refractivity contribution in [2.45, 2.75) is 227 Å². The van der Waals surface area contributed by atoms with Crippen LogP contribution < -0.4 is 14.2 Å². The lowest BCUT2D eigenvalue weighted by Gasteiger charge is -2.06. The minimum absolute atomic E-state index is 0.00398. The number of phenols is 1. The van der Waals surface area contributed by atoms with Gasteiger partial charge in [-0.05, 0) is 184 Å². The second kappa shape index (κ2) is 85.8. The normalized spacial score (nSPS) is 9.99. The molecule has 0 aliphatic carbocycles. The number of hydrogen-bond donors (Lipinski definition) is 1. The molecule has 0 aromatic heterocycles. The Morgan fingerprint density at radius 3 is 0.993 bits per heavy atom. The number of carbonyl (C=O) groups is 20. The van der Waals surface area contributed by atoms with Gasteiger partial charge < -0.3 is 43.0 Å². The molecule has 0 saturated heterocycles. The number of rotatable bonds is 57. The number of hydrogen-bond acceptors (Lipinski definition) is 29. The van der Waals surface area contributed by atoms with Gasteiger partial charge in [0, 0.05) is 91.2 Å². The molecule has 746 valence electrons. The number of ketones is 14. The van der Waals surface area contributed by atoms with E-state index in [1.807, 2.05) is 35.6 Å². The molecule has 0 saturated carbocycles. The van der Waals surface area contributed by atoms with E-state index in [-0.39, 0.29) is 172 Å². The lowest BCUT2D eigenvalue weighted by Crippen LogP contribution is -2.11. The SMILES string of the molecule is C=C(C)C(=O)OCCCC(=O)Oc1ccc(C(=O)CBr)cc1.C=CC(=O)CC(C)=O.C=CC(=O)OCCCC(=O)Oc1ccc(C(=O)C(C)I)cc1.C=CC(=O)OCCCC(=O)Oc1ccc(C(=O)CBr)cc1.CC(=O)CC(=O)c1ccccc1.CCCCCCCC(=O)CC(C)=O.CCCCCCCCC(=O)CC(C)=O.COCCOCCC(=O)CC(C)=O.O=C(CBr)c1ccc(O)cc1. The first kappa shape index (κ1) is 131. The van der Waals surface area contributed by atoms with Gasteiger partial charge in [0.2, 0.25) is 0 Å². The molecule has 5 aromatic carbocycles. The zero-order valence-corrected chi connectivity index (χ0v) is 86.6. The Bertz CT molecular complexity index is 4500. The van der Waals surface area contributed by atoms with E-state index in [0.29, 0.717) is 114 Å². The molecule has 0 spiro atoms. The van der Waals surface area contributed by atoms with Crippen LogP contribution in [-0.2, 0) is 95.6 Å². The quantitative estimate of drug-likeness (QED) is 0.00435. The van der Waals surface area contributed by atoms with Gasteiger partial charge in [-0.1, -0.05) is 199 Å². The summed E-state index contributed by atoms with van der Waals surface area (Å²) in [7, 11) is 1.59. The number of Topliss-reactive ketones (excluding diaryl/α,β-unsaturated/α-hetero) is 13. The van der Waals surface area contributed by atoms with Crippen LogP contribution in [0.4, 0.5) is 0 Å². The number of methoxy groups -OCH3 is 1. The van der Waals surface area contributed by atoms with E-state index in [4.69, 9.17) is 43.0 Å². The molecule has 0 fully saturated rings. The Labute approximate surface area is 837 Å². The number of phenolic OH excluding ortho intramolecular Hbond substituents is 1. The third-order valence-electron chi connectivity index (χ3n) is 16.9. The molecule has 1 N–H and O–H groups in total. The lowest BCUT2D eigenvalue weighted by molar-refractivity contribution is -0.141. The summed E-state index contributed by atoms with van der Waals surface area (Å²) >= 11 is 11.3. The molecular formula is C103H132Br3IO29. The summed E-state index contributed by atoms with van der Waals surface area (Å²) in [5.74, 6) is -2.03. The van der Waals surface area contributed by atoms with Crippen LogP contribution >= 0.6 is 70.4 Å². The fourth-order valence-electron chi connectivity index (χ4n) is 9.99. The van der Waals surface area contributed by atoms with Gasteiger partial charge in [-0.2, -0.15) is 0 Å². The zero-order valence-electron chi connectivity index (χ0n) is 79.7. The van der Waals surface area contributed by atoms with Crippen molar-refractivity contribution in [3.63, 3.8) is 0 Å². The van der Waals surface area contributed by atoms with Crippen molar-refractivity contribution >= 4 is 187 Å². The molecule has 0 radical (unpaired) electrons. The fraction of sp³-hybridized carbons (Fsp3) is 0.437. The van der Waals surface area contributed by atoms with Gasteiger partial charge in [0.05, 0.1) is 91.7 Å². The van der Waals surface area contributed by atoms with Crippen LogP contribution in [0.3, 0.4) is 0 Å². The zero-order chi connectivity index (χ0) is 104. The summed E-state index contributed by atoms with van der Waals surface area (Å²) in [5, 5.41) is 9.70. The standard InChI is InChI=1S/C16H17BrO5.C16H17IO5.C15H15BrO5.C12H22O2.C11H20O2.C10H10O2.C9H16O4.C8H7BrO2.C6H8O2/c1-11(2)16(20)21-9-3-4-15(19)22-13-7-5-12(6-8-13)14(18)10-17;1-3-14(18)21-10-4-5-15(19)22-13-8-6-12(7-9-13)16(20)11(2)17;1-2-14(18)20-9-3-4-15(19)21-12-7-5-11(6-8-12)13(17)10-16;1-3-4-5-6-7-8-9-12(14)10-11(2)13;1-3-4-5-6-7-8-11(13)9-10(2)12;1-8(11)7-10(12)9-5-3-2-4-6-9;1-8(10)7-9(11)3-4-13-6-5-12-2;9-5-8(11)6-1-3-7(10)4-2-6;1-3-6(8)4-5(2)7/h5-8H,1,3-4,9-10H2,2H3;3,6-9,11H,1,4-5,10H2,2H3;2,5-8H,1,3-4,9-10H2;3-10H2,1-2H3;3-9H2,1-2H3;2-6H,7H2,1H3;3-7H2,1-2H3;1-4,10H,5H2;3H,1,4H2,2H3. The minimum Gasteiger partial charge on any atom is -0.508 e. The molecular weight excluding hydrogens is 2070 g/mol. The molecule has 5 aromatic rings. The highest BCUT2D eigenvalue weighted by atomic mass is 127. The number of ether oxygens (including phenoxy) is 8. The first-order valence-electron chi connectivity index (χ1n) is 43.9. The number of carbonyl (C=O) groups excluding carboxylic acids is 20. The first-order valence-corrected chi connectivity index (χ1v) is 48.6. The van der Waals surface area contributed by atoms with E-state index < -0.39 is 35.8 Å². The maximum atomic E-state index is 11.8. The van der Waals surface area contributed by atoms with Crippen LogP contribution in [0.5, 0.6) is 23.0 Å². The Balaban J connectivity index is -0.000000732. The summed E-state index contributed by atoms with van der Waals surface area (Å²) in [4.78, 5) is 220. The molecule has 33 heteroatoms. The van der Waals surface area contributed by atoms with Crippen molar-refractivity contribution < 1.29 is 139 Å². The summed E-state index contributed by atoms with van der Waals surface area (Å²) in [5.41, 5.74) is 3.21. The van der Waals surface area contributed by atoms with Gasteiger partial charge in [0.15, 0.2) is 34.7 Å². The maximum absolute atomic E-state index is 11.8. The lowest BCUT2D eigenvalue weighted by atomic mass is 10.1. The van der Waals surface area contributed by atoms with Crippen molar-refractivity contribution in [2.24, 2.45) is 0 Å². The van der Waals surface area contributed by atoms with Crippen LogP contribution in [0, 0.1) is 0 Å². The fourth-order valence-corrected chi connectivity index (χ4v) is 11.3. The molecule has 0 bridgehead atoms. The average molecular weight is 2200 g/mol. The first-order chi connectivity index (χ1) is 64.5. The monoisotopic (exact) mass is 2200 g/mol. The Hall–Kier alpha value is -10.8. The van der Waals surface area contributed by atoms with Crippen molar-refractivity contribution in [3.8, 4) is 23.0 Å². The van der Waals surface area contributed by atoms with Gasteiger partial charge in [-0.3, -0.25) is 81.5 Å². The highest BCUT2D eigenvalue weighted by Gasteiger charge is 2.16. The summed E-state index contributed by atoms with van der Waals surface area (Å²) in [6.07, 6.45) is 19.5. The highest BCUT2D eigenvalue weighted by molar-refractivity contribution is 14.1. The molecule has 0 heterocycles. The van der Waals surface area contributed by atoms with Crippen molar-refractivity contribution in [2.75, 3.05) is 62.7 Å². The van der Waals surface area contributed by atoms with E-state index in [1.165, 1.54) is 91.7 Å². The third kappa shape index (κ3) is 79.4. The van der Waals surface area contributed by atoms with Gasteiger partial charge in [0.1, 0.15) is 69.3 Å². The van der Waals surface area contributed by atoms with Gasteiger partial charge >= 0.3 is 35.8 Å². The van der Waals surface area contributed by atoms with E-state index >= 15 is 0 Å². The molecule has 0 amide bonds. The van der Waals surface area contributed by atoms with E-state index in [1.54, 1.807) is 123 Å². The number of esters is 6. The predicted molar refractivity (Wildman–Crippen MR) is 538 cm³/mol. The highest BCUT2D eigenvalue weighted by Crippen LogP contribution is 2.20. The van der Waals surface area contributed by atoms with Gasteiger partial charge in [-0.25, -0.2) is 14.4 Å². The Kier molecular flexibility index (Phi) is 82.9. The van der Waals surface area contributed by atoms with Crippen molar-refractivity contribution in [1.82, 2.24) is 0 Å². The van der Waals surface area contributed by atoms with E-state index in [0.717, 1.165) is 43.9 Å². The number of alkyl halides is 4. The smallest absolute Gasteiger partial charge is 0.333 e. The van der Waals surface area contributed by atoms with Crippen molar-refractivity contribution in [3.05, 3.63) is 205 Å². The number of allylic oxidation sites excluding steroid dienone is 1. The van der Waals surface area contributed by atoms with Crippen LogP contribution in [0.25, 0.3) is 0 Å². The van der Waals surface area contributed by atoms with Crippen LogP contribution in [0.15, 0.2) is 178 Å². The topological polar surface area (TPSA) is 435 Å². The largest absolute Gasteiger partial charge is 0.508 e. The average Bonchev–Trinajstić information content (AvgIpc) is 1.44. The Morgan fingerprint density at radius 2 is 0.684 bits per heavy atom. The summed E-state index contributed by atoms with van der Waals surface area (Å²) < 4.78 is 39.4. The second-order valence-electron chi connectivity index (χ2n) is 29.7. The van der Waals surface area contributed by atoms with Crippen LogP contribution in [-0.4, -0.2) is 189 Å².